The highest BCUT2D eigenvalue weighted by Gasteiger charge is 2.19. The molecule has 1 aliphatic heterocycles. The highest BCUT2D eigenvalue weighted by Crippen LogP contribution is 2.31. The normalized spacial score (nSPS) is 13.7. The molecule has 2 N–H and O–H groups in total. The summed E-state index contributed by atoms with van der Waals surface area (Å²) >= 11 is 0. The first-order valence-electron chi connectivity index (χ1n) is 8.39. The molecule has 0 atom stereocenters. The minimum absolute atomic E-state index is 0.0330. The Kier molecular flexibility index (Phi) is 5.92. The Morgan fingerprint density at radius 1 is 1.04 bits per heavy atom. The van der Waals surface area contributed by atoms with Crippen molar-refractivity contribution in [3.63, 3.8) is 0 Å². The molecule has 0 bridgehead atoms. The van der Waals surface area contributed by atoms with Crippen molar-refractivity contribution in [2.24, 2.45) is 0 Å². The van der Waals surface area contributed by atoms with Crippen molar-refractivity contribution in [3.05, 3.63) is 48.3 Å². The number of carbonyl (C=O) groups is 1. The van der Waals surface area contributed by atoms with Gasteiger partial charge in [-0.15, -0.1) is 0 Å². The van der Waals surface area contributed by atoms with Crippen molar-refractivity contribution in [2.45, 2.75) is 17.7 Å². The van der Waals surface area contributed by atoms with E-state index in [1.54, 1.807) is 6.07 Å². The van der Waals surface area contributed by atoms with E-state index in [0.717, 1.165) is 6.42 Å². The molecule has 9 heteroatoms. The molecule has 7 nitrogen and oxygen atoms in total. The van der Waals surface area contributed by atoms with Gasteiger partial charge in [-0.2, -0.15) is 0 Å². The van der Waals surface area contributed by atoms with Gasteiger partial charge in [-0.25, -0.2) is 17.5 Å². The fourth-order valence-electron chi connectivity index (χ4n) is 2.45. The number of anilines is 1. The van der Waals surface area contributed by atoms with Crippen LogP contribution in [-0.4, -0.2) is 34.1 Å². The molecular formula is C18H19FN2O5S. The summed E-state index contributed by atoms with van der Waals surface area (Å²) in [5, 5.41) is 2.57. The van der Waals surface area contributed by atoms with E-state index < -0.39 is 15.8 Å². The number of ether oxygens (including phenoxy) is 2. The van der Waals surface area contributed by atoms with E-state index >= 15 is 0 Å². The Balaban J connectivity index is 1.56. The van der Waals surface area contributed by atoms with Crippen LogP contribution in [0.4, 0.5) is 10.1 Å². The molecular weight excluding hydrogens is 375 g/mol. The first kappa shape index (κ1) is 19.1. The van der Waals surface area contributed by atoms with Crippen LogP contribution in [0, 0.1) is 5.82 Å². The van der Waals surface area contributed by atoms with Crippen molar-refractivity contribution in [3.8, 4) is 11.5 Å². The number of amides is 1. The van der Waals surface area contributed by atoms with Gasteiger partial charge < -0.3 is 14.8 Å². The number of halogens is 1. The van der Waals surface area contributed by atoms with Crippen LogP contribution >= 0.6 is 0 Å². The fraction of sp³-hybridized carbons (Fsp3) is 0.278. The van der Waals surface area contributed by atoms with Crippen molar-refractivity contribution in [2.75, 3.05) is 25.1 Å². The summed E-state index contributed by atoms with van der Waals surface area (Å²) in [5.74, 6) is 0.0911. The molecule has 1 amide bonds. The summed E-state index contributed by atoms with van der Waals surface area (Å²) in [5.41, 5.74) is 0.437. The second kappa shape index (κ2) is 8.36. The van der Waals surface area contributed by atoms with Crippen LogP contribution in [0.3, 0.4) is 0 Å². The zero-order valence-corrected chi connectivity index (χ0v) is 15.2. The van der Waals surface area contributed by atoms with Gasteiger partial charge in [0.15, 0.2) is 11.5 Å². The van der Waals surface area contributed by atoms with Gasteiger partial charge in [-0.1, -0.05) is 0 Å². The number of benzene rings is 2. The van der Waals surface area contributed by atoms with E-state index in [2.05, 4.69) is 10.0 Å². The Hall–Kier alpha value is -2.65. The van der Waals surface area contributed by atoms with Crippen molar-refractivity contribution >= 4 is 21.6 Å². The van der Waals surface area contributed by atoms with E-state index in [4.69, 9.17) is 9.47 Å². The SMILES string of the molecule is O=C(CCNS(=O)(=O)c1ccc2c(c1)OCCCO2)Nc1ccc(F)cc1. The quantitative estimate of drug-likeness (QED) is 0.784. The van der Waals surface area contributed by atoms with Gasteiger partial charge in [-0.05, 0) is 36.4 Å². The molecule has 2 aromatic rings. The zero-order valence-electron chi connectivity index (χ0n) is 14.4. The van der Waals surface area contributed by atoms with Crippen LogP contribution in [0.1, 0.15) is 12.8 Å². The summed E-state index contributed by atoms with van der Waals surface area (Å²) in [6.07, 6.45) is 0.652. The fourth-order valence-corrected chi connectivity index (χ4v) is 3.50. The highest BCUT2D eigenvalue weighted by atomic mass is 32.2. The van der Waals surface area contributed by atoms with Crippen LogP contribution in [-0.2, 0) is 14.8 Å². The number of fused-ring (bicyclic) bond motifs is 1. The van der Waals surface area contributed by atoms with Gasteiger partial charge in [0, 0.05) is 31.1 Å². The monoisotopic (exact) mass is 394 g/mol. The smallest absolute Gasteiger partial charge is 0.240 e. The topological polar surface area (TPSA) is 93.7 Å². The minimum atomic E-state index is -3.79. The molecule has 0 aliphatic carbocycles. The van der Waals surface area contributed by atoms with Crippen LogP contribution in [0.5, 0.6) is 11.5 Å². The zero-order chi connectivity index (χ0) is 19.3. The molecule has 0 aromatic heterocycles. The molecule has 0 saturated carbocycles. The van der Waals surface area contributed by atoms with E-state index in [1.165, 1.54) is 36.4 Å². The first-order chi connectivity index (χ1) is 12.9. The van der Waals surface area contributed by atoms with Crippen molar-refractivity contribution < 1.29 is 27.1 Å². The predicted molar refractivity (Wildman–Crippen MR) is 96.9 cm³/mol. The Morgan fingerprint density at radius 2 is 1.74 bits per heavy atom. The predicted octanol–water partition coefficient (Wildman–Crippen LogP) is 2.29. The molecule has 0 spiro atoms. The number of rotatable bonds is 6. The maximum Gasteiger partial charge on any atom is 0.240 e. The lowest BCUT2D eigenvalue weighted by molar-refractivity contribution is -0.116. The van der Waals surface area contributed by atoms with Gasteiger partial charge in [0.1, 0.15) is 5.82 Å². The van der Waals surface area contributed by atoms with Gasteiger partial charge in [0.2, 0.25) is 15.9 Å². The van der Waals surface area contributed by atoms with Crippen molar-refractivity contribution in [1.29, 1.82) is 0 Å². The molecule has 1 heterocycles. The van der Waals surface area contributed by atoms with Crippen LogP contribution in [0.2, 0.25) is 0 Å². The molecule has 144 valence electrons. The number of carbonyl (C=O) groups excluding carboxylic acids is 1. The van der Waals surface area contributed by atoms with E-state index in [0.29, 0.717) is 30.4 Å². The largest absolute Gasteiger partial charge is 0.490 e. The first-order valence-corrected chi connectivity index (χ1v) is 9.87. The molecule has 0 fully saturated rings. The van der Waals surface area contributed by atoms with Crippen LogP contribution < -0.4 is 19.5 Å². The average Bonchev–Trinajstić information content (AvgIpc) is 2.88. The third-order valence-electron chi connectivity index (χ3n) is 3.80. The van der Waals surface area contributed by atoms with Gasteiger partial charge in [0.05, 0.1) is 18.1 Å². The molecule has 2 aromatic carbocycles. The summed E-state index contributed by atoms with van der Waals surface area (Å²) in [6.45, 7) is 0.887. The highest BCUT2D eigenvalue weighted by molar-refractivity contribution is 7.89. The standard InChI is InChI=1S/C18H19FN2O5S/c19-13-2-4-14(5-3-13)21-18(22)8-9-20-27(23,24)15-6-7-16-17(12-15)26-11-1-10-25-16/h2-7,12,20H,1,8-11H2,(H,21,22). The van der Waals surface area contributed by atoms with Crippen molar-refractivity contribution in [1.82, 2.24) is 4.72 Å². The third kappa shape index (κ3) is 5.18. The Bertz CT molecular complexity index is 916. The number of nitrogens with one attached hydrogen (secondary N) is 2. The second-order valence-corrected chi connectivity index (χ2v) is 7.63. The lowest BCUT2D eigenvalue weighted by Gasteiger charge is -2.11. The van der Waals surface area contributed by atoms with Crippen LogP contribution in [0.15, 0.2) is 47.4 Å². The number of sulfonamides is 1. The lowest BCUT2D eigenvalue weighted by Crippen LogP contribution is -2.27. The summed E-state index contributed by atoms with van der Waals surface area (Å²) in [6, 6.07) is 9.68. The molecule has 1 aliphatic rings. The third-order valence-corrected chi connectivity index (χ3v) is 5.26. The molecule has 27 heavy (non-hydrogen) atoms. The molecule has 0 saturated heterocycles. The summed E-state index contributed by atoms with van der Waals surface area (Å²) < 4.78 is 51.0. The summed E-state index contributed by atoms with van der Waals surface area (Å²) in [4.78, 5) is 11.9. The van der Waals surface area contributed by atoms with E-state index in [1.807, 2.05) is 0 Å². The van der Waals surface area contributed by atoms with Gasteiger partial charge in [0.25, 0.3) is 0 Å². The van der Waals surface area contributed by atoms with Gasteiger partial charge >= 0.3 is 0 Å². The maximum atomic E-state index is 12.8. The Morgan fingerprint density at radius 3 is 2.48 bits per heavy atom. The lowest BCUT2D eigenvalue weighted by atomic mass is 10.3. The minimum Gasteiger partial charge on any atom is -0.490 e. The second-order valence-electron chi connectivity index (χ2n) is 5.86. The Labute approximate surface area is 156 Å². The van der Waals surface area contributed by atoms with Crippen LogP contribution in [0.25, 0.3) is 0 Å². The molecule has 3 rings (SSSR count). The maximum absolute atomic E-state index is 12.8. The van der Waals surface area contributed by atoms with E-state index in [9.17, 15) is 17.6 Å². The van der Waals surface area contributed by atoms with Gasteiger partial charge in [-0.3, -0.25) is 4.79 Å². The molecule has 0 unspecified atom stereocenters. The molecule has 0 radical (unpaired) electrons. The summed E-state index contributed by atoms with van der Waals surface area (Å²) in [7, 11) is -3.79. The number of hydrogen-bond acceptors (Lipinski definition) is 5. The van der Waals surface area contributed by atoms with E-state index in [-0.39, 0.29) is 23.8 Å². The average molecular weight is 394 g/mol. The number of hydrogen-bond donors (Lipinski definition) is 2.